The molecule has 0 radical (unpaired) electrons. The number of allylic oxidation sites excluding steroid dienone is 1. The molecule has 0 aromatic rings. The molecule has 9 nitrogen and oxygen atoms in total. The normalized spacial score (nSPS) is 41.8. The molecule has 0 amide bonds. The monoisotopic (exact) mass is 602 g/mol. The smallest absolute Gasteiger partial charge is 0.303 e. The van der Waals surface area contributed by atoms with Crippen LogP contribution in [0.15, 0.2) is 23.8 Å². The van der Waals surface area contributed by atoms with Crippen LogP contribution in [0.2, 0.25) is 0 Å². The third kappa shape index (κ3) is 4.94. The summed E-state index contributed by atoms with van der Waals surface area (Å²) in [4.78, 5) is 52.1. The van der Waals surface area contributed by atoms with E-state index in [1.807, 2.05) is 27.7 Å². The molecule has 43 heavy (non-hydrogen) atoms. The molecule has 0 bridgehead atoms. The Morgan fingerprint density at radius 1 is 1.00 bits per heavy atom. The predicted octanol–water partition coefficient (Wildman–Crippen LogP) is 3.86. The van der Waals surface area contributed by atoms with Gasteiger partial charge in [0.05, 0.1) is 12.2 Å². The Kier molecular flexibility index (Phi) is 8.07. The summed E-state index contributed by atoms with van der Waals surface area (Å²) in [7, 11) is 0. The summed E-state index contributed by atoms with van der Waals surface area (Å²) < 4.78 is 11.1. The average Bonchev–Trinajstić information content (AvgIpc) is 3.07. The fraction of sp³-hybridized carbons (Fsp3) is 0.765. The van der Waals surface area contributed by atoms with E-state index in [4.69, 9.17) is 9.47 Å². The Hall–Kier alpha value is -2.36. The van der Waals surface area contributed by atoms with Crippen LogP contribution in [0.3, 0.4) is 0 Å². The van der Waals surface area contributed by atoms with Crippen molar-refractivity contribution in [3.8, 4) is 0 Å². The van der Waals surface area contributed by atoms with Crippen molar-refractivity contribution >= 4 is 23.5 Å². The van der Waals surface area contributed by atoms with Crippen LogP contribution in [-0.2, 0) is 28.7 Å². The minimum absolute atomic E-state index is 0.0178. The number of hydrogen-bond donors (Lipinski definition) is 3. The second kappa shape index (κ2) is 10.3. The van der Waals surface area contributed by atoms with Crippen LogP contribution in [-0.4, -0.2) is 68.3 Å². The van der Waals surface area contributed by atoms with Crippen LogP contribution in [0.25, 0.3) is 0 Å². The zero-order chi connectivity index (χ0) is 32.7. The maximum Gasteiger partial charge on any atom is 0.303 e. The zero-order valence-corrected chi connectivity index (χ0v) is 27.3. The predicted molar refractivity (Wildman–Crippen MR) is 158 cm³/mol. The summed E-state index contributed by atoms with van der Waals surface area (Å²) in [6, 6.07) is 0. The SMILES string of the molecule is CC(=O)O[C@@H]1C[C@@]2(C)C3CC=C4[C@@H](C[C@H](O)[C@@H](O)C4(C)C)[C@]3(C)C(=O)C[C@]2(C)C1C(C)(O)C(=O)/C=C/C(C)(C)OC(C)=O. The van der Waals surface area contributed by atoms with Gasteiger partial charge in [0.15, 0.2) is 5.78 Å². The summed E-state index contributed by atoms with van der Waals surface area (Å²) in [6.07, 6.45) is 3.18. The summed E-state index contributed by atoms with van der Waals surface area (Å²) in [5, 5.41) is 33.8. The van der Waals surface area contributed by atoms with E-state index in [-0.39, 0.29) is 30.5 Å². The first-order valence-corrected chi connectivity index (χ1v) is 15.4. The molecule has 10 atom stereocenters. The first-order chi connectivity index (χ1) is 19.5. The molecular weight excluding hydrogens is 552 g/mol. The number of hydrogen-bond acceptors (Lipinski definition) is 9. The Labute approximate surface area is 255 Å². The van der Waals surface area contributed by atoms with Gasteiger partial charge in [-0.15, -0.1) is 0 Å². The lowest BCUT2D eigenvalue weighted by molar-refractivity contribution is -0.187. The van der Waals surface area contributed by atoms with Gasteiger partial charge in [0.25, 0.3) is 0 Å². The van der Waals surface area contributed by atoms with E-state index in [0.29, 0.717) is 12.8 Å². The number of rotatable bonds is 6. The first-order valence-electron chi connectivity index (χ1n) is 15.4. The molecule has 3 saturated carbocycles. The van der Waals surface area contributed by atoms with Crippen LogP contribution in [0, 0.1) is 39.4 Å². The van der Waals surface area contributed by atoms with Crippen molar-refractivity contribution < 1.29 is 44.0 Å². The third-order valence-electron chi connectivity index (χ3n) is 12.1. The lowest BCUT2D eigenvalue weighted by Crippen LogP contribution is -2.65. The van der Waals surface area contributed by atoms with Gasteiger partial charge in [-0.1, -0.05) is 46.3 Å². The molecule has 3 unspecified atom stereocenters. The molecule has 240 valence electrons. The highest BCUT2D eigenvalue weighted by atomic mass is 16.6. The van der Waals surface area contributed by atoms with Crippen molar-refractivity contribution in [2.24, 2.45) is 39.4 Å². The van der Waals surface area contributed by atoms with E-state index in [2.05, 4.69) is 13.0 Å². The maximum absolute atomic E-state index is 14.5. The van der Waals surface area contributed by atoms with Gasteiger partial charge in [-0.25, -0.2) is 0 Å². The molecule has 4 aliphatic rings. The lowest BCUT2D eigenvalue weighted by Gasteiger charge is -2.65. The molecule has 3 N–H and O–H groups in total. The van der Waals surface area contributed by atoms with E-state index in [0.717, 1.165) is 5.57 Å². The summed E-state index contributed by atoms with van der Waals surface area (Å²) in [5.74, 6) is -3.13. The lowest BCUT2D eigenvalue weighted by atomic mass is 9.38. The molecule has 9 heteroatoms. The number of aliphatic hydroxyl groups is 3. The van der Waals surface area contributed by atoms with Crippen molar-refractivity contribution in [2.45, 2.75) is 124 Å². The van der Waals surface area contributed by atoms with Crippen molar-refractivity contribution in [3.63, 3.8) is 0 Å². The minimum Gasteiger partial charge on any atom is -0.462 e. The Morgan fingerprint density at radius 2 is 1.60 bits per heavy atom. The van der Waals surface area contributed by atoms with Crippen LogP contribution in [0.5, 0.6) is 0 Å². The molecule has 0 spiro atoms. The van der Waals surface area contributed by atoms with Crippen molar-refractivity contribution in [1.29, 1.82) is 0 Å². The highest BCUT2D eigenvalue weighted by Crippen LogP contribution is 2.74. The van der Waals surface area contributed by atoms with E-state index in [9.17, 15) is 34.5 Å². The van der Waals surface area contributed by atoms with E-state index in [1.54, 1.807) is 13.8 Å². The number of Topliss-reactive ketones (excluding diaryl/α,β-unsaturated/α-hetero) is 1. The van der Waals surface area contributed by atoms with Crippen LogP contribution < -0.4 is 0 Å². The summed E-state index contributed by atoms with van der Waals surface area (Å²) >= 11 is 0. The highest BCUT2D eigenvalue weighted by Gasteiger charge is 2.75. The maximum atomic E-state index is 14.5. The van der Waals surface area contributed by atoms with Crippen molar-refractivity contribution in [2.75, 3.05) is 0 Å². The van der Waals surface area contributed by atoms with Gasteiger partial charge in [0.1, 0.15) is 23.1 Å². The topological polar surface area (TPSA) is 147 Å². The second-order valence-electron chi connectivity index (χ2n) is 15.6. The van der Waals surface area contributed by atoms with Crippen LogP contribution >= 0.6 is 0 Å². The number of fused-ring (bicyclic) bond motifs is 5. The van der Waals surface area contributed by atoms with Gasteiger partial charge in [0, 0.05) is 37.0 Å². The molecule has 0 saturated heterocycles. The first kappa shape index (κ1) is 33.5. The fourth-order valence-electron chi connectivity index (χ4n) is 9.83. The molecule has 0 aromatic heterocycles. The number of ketones is 2. The van der Waals surface area contributed by atoms with Crippen LogP contribution in [0.1, 0.15) is 94.9 Å². The Balaban J connectivity index is 1.81. The van der Waals surface area contributed by atoms with Crippen molar-refractivity contribution in [3.05, 3.63) is 23.8 Å². The molecule has 0 heterocycles. The van der Waals surface area contributed by atoms with Gasteiger partial charge in [-0.3, -0.25) is 19.2 Å². The van der Waals surface area contributed by atoms with E-state index >= 15 is 0 Å². The van der Waals surface area contributed by atoms with Gasteiger partial charge >= 0.3 is 11.9 Å². The molecule has 0 aromatic carbocycles. The molecule has 0 aliphatic heterocycles. The van der Waals surface area contributed by atoms with Gasteiger partial charge in [-0.2, -0.15) is 0 Å². The third-order valence-corrected chi connectivity index (χ3v) is 12.1. The number of aliphatic hydroxyl groups excluding tert-OH is 2. The standard InChI is InChI=1S/C34H50O9/c1-18(35)42-23-16-31(7)24-12-11-20-21(15-22(37)28(40)30(20,5)6)33(24,9)26(39)17-32(31,8)27(23)34(10,41)25(38)13-14-29(3,4)43-19(2)36/h11,13-14,21-24,27-28,37,40-41H,12,15-17H2,1-10H3/b14-13+/t21-,22+,23-,24?,27?,28-,31+,32-,33+,34?/m1/s1. The number of carbonyl (C=O) groups excluding carboxylic acids is 4. The number of ether oxygens (including phenoxy) is 2. The number of carbonyl (C=O) groups is 4. The average molecular weight is 603 g/mol. The highest BCUT2D eigenvalue weighted by molar-refractivity contribution is 5.97. The molecule has 3 fully saturated rings. The summed E-state index contributed by atoms with van der Waals surface area (Å²) in [6.45, 7) is 17.0. The van der Waals surface area contributed by atoms with Gasteiger partial charge in [0.2, 0.25) is 0 Å². The largest absolute Gasteiger partial charge is 0.462 e. The Morgan fingerprint density at radius 3 is 2.16 bits per heavy atom. The molecule has 4 rings (SSSR count). The molecule has 4 aliphatic carbocycles. The second-order valence-corrected chi connectivity index (χ2v) is 15.6. The molecular formula is C34H50O9. The summed E-state index contributed by atoms with van der Waals surface area (Å²) in [5.41, 5.74) is -5.28. The minimum atomic E-state index is -2.02. The van der Waals surface area contributed by atoms with E-state index < -0.39 is 74.8 Å². The van der Waals surface area contributed by atoms with Crippen LogP contribution in [0.4, 0.5) is 0 Å². The quantitative estimate of drug-likeness (QED) is 0.234. The number of esters is 2. The zero-order valence-electron chi connectivity index (χ0n) is 27.3. The fourth-order valence-corrected chi connectivity index (χ4v) is 9.83. The Bertz CT molecular complexity index is 1270. The van der Waals surface area contributed by atoms with Gasteiger partial charge < -0.3 is 24.8 Å². The van der Waals surface area contributed by atoms with E-state index in [1.165, 1.54) is 32.9 Å². The van der Waals surface area contributed by atoms with Gasteiger partial charge in [-0.05, 0) is 74.9 Å². The van der Waals surface area contributed by atoms with Crippen molar-refractivity contribution in [1.82, 2.24) is 0 Å².